The first kappa shape index (κ1) is 15.1. The van der Waals surface area contributed by atoms with E-state index in [-0.39, 0.29) is 11.7 Å². The Hall–Kier alpha value is -2.82. The van der Waals surface area contributed by atoms with Crippen molar-refractivity contribution in [2.45, 2.75) is 26.8 Å². The van der Waals surface area contributed by atoms with Crippen LogP contribution in [0.4, 0.5) is 0 Å². The van der Waals surface area contributed by atoms with Gasteiger partial charge in [-0.2, -0.15) is 5.10 Å². The van der Waals surface area contributed by atoms with Crippen molar-refractivity contribution < 1.29 is 9.21 Å². The van der Waals surface area contributed by atoms with E-state index in [4.69, 9.17) is 4.42 Å². The monoisotopic (exact) mass is 309 g/mol. The summed E-state index contributed by atoms with van der Waals surface area (Å²) in [5, 5.41) is 4.90. The number of para-hydroxylation sites is 1. The van der Waals surface area contributed by atoms with Gasteiger partial charge in [0.05, 0.1) is 6.21 Å². The molecule has 0 atom stereocenters. The largest absolute Gasteiger partial charge is 0.451 e. The molecule has 0 spiro atoms. The van der Waals surface area contributed by atoms with E-state index in [0.717, 1.165) is 16.6 Å². The molecular formula is C18H19N3O2. The van der Waals surface area contributed by atoms with E-state index in [9.17, 15) is 4.79 Å². The molecule has 0 bridgehead atoms. The number of aromatic nitrogens is 1. The molecule has 1 amide bonds. The summed E-state index contributed by atoms with van der Waals surface area (Å²) in [5.74, 6) is -0.114. The number of fused-ring (bicyclic) bond motifs is 1. The van der Waals surface area contributed by atoms with Gasteiger partial charge in [-0.1, -0.05) is 18.2 Å². The molecule has 23 heavy (non-hydrogen) atoms. The predicted molar refractivity (Wildman–Crippen MR) is 90.8 cm³/mol. The zero-order valence-electron chi connectivity index (χ0n) is 13.4. The summed E-state index contributed by atoms with van der Waals surface area (Å²) in [6, 6.07) is 11.6. The van der Waals surface area contributed by atoms with Crippen molar-refractivity contribution >= 4 is 23.1 Å². The van der Waals surface area contributed by atoms with Crippen molar-refractivity contribution in [3.8, 4) is 0 Å². The highest BCUT2D eigenvalue weighted by atomic mass is 16.3. The Morgan fingerprint density at radius 3 is 2.78 bits per heavy atom. The van der Waals surface area contributed by atoms with Gasteiger partial charge in [0.25, 0.3) is 0 Å². The molecule has 0 unspecified atom stereocenters. The smallest absolute Gasteiger partial charge is 0.307 e. The van der Waals surface area contributed by atoms with E-state index in [2.05, 4.69) is 28.9 Å². The molecule has 3 rings (SSSR count). The quantitative estimate of drug-likeness (QED) is 0.587. The lowest BCUT2D eigenvalue weighted by atomic mass is 10.2. The molecule has 0 saturated heterocycles. The minimum absolute atomic E-state index is 0.249. The Bertz CT molecular complexity index is 838. The van der Waals surface area contributed by atoms with Gasteiger partial charge in [0.2, 0.25) is 0 Å². The Balaban J connectivity index is 1.69. The van der Waals surface area contributed by atoms with Gasteiger partial charge < -0.3 is 8.98 Å². The molecule has 0 saturated carbocycles. The fraction of sp³-hybridized carbons (Fsp3) is 0.222. The van der Waals surface area contributed by atoms with Crippen LogP contribution in [0.3, 0.4) is 0 Å². The minimum Gasteiger partial charge on any atom is -0.451 e. The van der Waals surface area contributed by atoms with Gasteiger partial charge in [-0.25, -0.2) is 5.43 Å². The highest BCUT2D eigenvalue weighted by molar-refractivity contribution is 5.96. The third kappa shape index (κ3) is 3.18. The average Bonchev–Trinajstić information content (AvgIpc) is 3.10. The Labute approximate surface area is 134 Å². The van der Waals surface area contributed by atoms with Crippen LogP contribution in [0.2, 0.25) is 0 Å². The number of hydrogen-bond donors (Lipinski definition) is 1. The van der Waals surface area contributed by atoms with Gasteiger partial charge in [0.1, 0.15) is 5.58 Å². The second-order valence-electron chi connectivity index (χ2n) is 5.76. The van der Waals surface area contributed by atoms with E-state index in [0.29, 0.717) is 11.6 Å². The van der Waals surface area contributed by atoms with Gasteiger partial charge >= 0.3 is 5.91 Å². The standard InChI is InChI=1S/C18H19N3O2/c1-12(2)21-11-14(8-13(21)3)10-19-20-18(22)17-9-15-6-4-5-7-16(15)23-17/h4-12H,1-3H3,(H,20,22)/b19-10+. The van der Waals surface area contributed by atoms with Gasteiger partial charge in [0.15, 0.2) is 5.76 Å². The van der Waals surface area contributed by atoms with Crippen molar-refractivity contribution in [3.05, 3.63) is 59.6 Å². The van der Waals surface area contributed by atoms with E-state index in [1.807, 2.05) is 43.5 Å². The number of furan rings is 1. The Morgan fingerprint density at radius 2 is 2.09 bits per heavy atom. The first-order valence-electron chi connectivity index (χ1n) is 7.55. The third-order valence-corrected chi connectivity index (χ3v) is 3.66. The van der Waals surface area contributed by atoms with Crippen LogP contribution in [0.15, 0.2) is 52.1 Å². The van der Waals surface area contributed by atoms with Crippen LogP contribution in [-0.4, -0.2) is 16.7 Å². The summed E-state index contributed by atoms with van der Waals surface area (Å²) in [6.07, 6.45) is 3.64. The maximum atomic E-state index is 12.1. The Kier molecular flexibility index (Phi) is 4.02. The van der Waals surface area contributed by atoms with Crippen LogP contribution < -0.4 is 5.43 Å². The first-order chi connectivity index (χ1) is 11.0. The van der Waals surface area contributed by atoms with Crippen LogP contribution >= 0.6 is 0 Å². The normalized spacial score (nSPS) is 11.7. The summed E-state index contributed by atoms with van der Waals surface area (Å²) >= 11 is 0. The zero-order chi connectivity index (χ0) is 16.4. The molecule has 1 N–H and O–H groups in total. The molecule has 2 aromatic heterocycles. The minimum atomic E-state index is -0.363. The summed E-state index contributed by atoms with van der Waals surface area (Å²) in [7, 11) is 0. The van der Waals surface area contributed by atoms with Crippen molar-refractivity contribution in [1.29, 1.82) is 0 Å². The maximum absolute atomic E-state index is 12.1. The van der Waals surface area contributed by atoms with E-state index < -0.39 is 0 Å². The van der Waals surface area contributed by atoms with Gasteiger partial charge in [-0.15, -0.1) is 0 Å². The van der Waals surface area contributed by atoms with Gasteiger partial charge in [-0.05, 0) is 39.0 Å². The molecule has 0 aliphatic heterocycles. The molecule has 0 aliphatic rings. The highest BCUT2D eigenvalue weighted by Crippen LogP contribution is 2.18. The highest BCUT2D eigenvalue weighted by Gasteiger charge is 2.11. The second-order valence-corrected chi connectivity index (χ2v) is 5.76. The topological polar surface area (TPSA) is 59.5 Å². The molecular weight excluding hydrogens is 290 g/mol. The van der Waals surface area contributed by atoms with Gasteiger partial charge in [0, 0.05) is 28.9 Å². The lowest BCUT2D eigenvalue weighted by Crippen LogP contribution is -2.16. The Morgan fingerprint density at radius 1 is 1.30 bits per heavy atom. The lowest BCUT2D eigenvalue weighted by molar-refractivity contribution is 0.0929. The predicted octanol–water partition coefficient (Wildman–Crippen LogP) is 3.89. The molecule has 118 valence electrons. The van der Waals surface area contributed by atoms with Crippen molar-refractivity contribution in [1.82, 2.24) is 9.99 Å². The second kappa shape index (κ2) is 6.12. The molecule has 3 aromatic rings. The summed E-state index contributed by atoms with van der Waals surface area (Å²) in [6.45, 7) is 6.29. The van der Waals surface area contributed by atoms with Crippen LogP contribution in [0.5, 0.6) is 0 Å². The van der Waals surface area contributed by atoms with Crippen LogP contribution in [0.25, 0.3) is 11.0 Å². The maximum Gasteiger partial charge on any atom is 0.307 e. The molecule has 1 aromatic carbocycles. The number of rotatable bonds is 4. The number of carbonyl (C=O) groups excluding carboxylic acids is 1. The number of hydrogen-bond acceptors (Lipinski definition) is 3. The molecule has 0 fully saturated rings. The zero-order valence-corrected chi connectivity index (χ0v) is 13.4. The number of benzene rings is 1. The van der Waals surface area contributed by atoms with Crippen molar-refractivity contribution in [3.63, 3.8) is 0 Å². The lowest BCUT2D eigenvalue weighted by Gasteiger charge is -2.08. The molecule has 5 heteroatoms. The fourth-order valence-corrected chi connectivity index (χ4v) is 2.56. The van der Waals surface area contributed by atoms with Crippen LogP contribution in [0, 0.1) is 6.92 Å². The number of amides is 1. The number of carbonyl (C=O) groups is 1. The average molecular weight is 309 g/mol. The van der Waals surface area contributed by atoms with E-state index >= 15 is 0 Å². The number of nitrogens with zero attached hydrogens (tertiary/aromatic N) is 2. The third-order valence-electron chi connectivity index (χ3n) is 3.66. The molecule has 0 aliphatic carbocycles. The molecule has 5 nitrogen and oxygen atoms in total. The van der Waals surface area contributed by atoms with E-state index in [1.165, 1.54) is 0 Å². The summed E-state index contributed by atoms with van der Waals surface area (Å²) < 4.78 is 7.65. The van der Waals surface area contributed by atoms with Crippen molar-refractivity contribution in [2.75, 3.05) is 0 Å². The van der Waals surface area contributed by atoms with Crippen LogP contribution in [0.1, 0.15) is 41.7 Å². The number of hydrazone groups is 1. The molecule has 0 radical (unpaired) electrons. The molecule has 2 heterocycles. The van der Waals surface area contributed by atoms with Gasteiger partial charge in [-0.3, -0.25) is 4.79 Å². The SMILES string of the molecule is Cc1cc(/C=N/NC(=O)c2cc3ccccc3o2)cn1C(C)C. The van der Waals surface area contributed by atoms with Crippen LogP contribution in [-0.2, 0) is 0 Å². The fourth-order valence-electron chi connectivity index (χ4n) is 2.56. The van der Waals surface area contributed by atoms with E-state index in [1.54, 1.807) is 12.3 Å². The summed E-state index contributed by atoms with van der Waals surface area (Å²) in [5.41, 5.74) is 5.28. The number of nitrogens with one attached hydrogen (secondary N) is 1. The first-order valence-corrected chi connectivity index (χ1v) is 7.55. The van der Waals surface area contributed by atoms with Crippen molar-refractivity contribution in [2.24, 2.45) is 5.10 Å². The number of aryl methyl sites for hydroxylation is 1. The summed E-state index contributed by atoms with van der Waals surface area (Å²) in [4.78, 5) is 12.1.